The van der Waals surface area contributed by atoms with Gasteiger partial charge in [0.15, 0.2) is 5.96 Å². The molecule has 0 aromatic carbocycles. The minimum absolute atomic E-state index is 0.0203. The molecule has 1 unspecified atom stereocenters. The van der Waals surface area contributed by atoms with Crippen LogP contribution in [0, 0.1) is 5.41 Å². The van der Waals surface area contributed by atoms with Gasteiger partial charge in [0.2, 0.25) is 0 Å². The van der Waals surface area contributed by atoms with Crippen LogP contribution in [0.5, 0.6) is 0 Å². The molecule has 0 aromatic rings. The Morgan fingerprint density at radius 2 is 1.83 bits per heavy atom. The summed E-state index contributed by atoms with van der Waals surface area (Å²) in [5, 5.41) is 6.16. The van der Waals surface area contributed by atoms with Crippen molar-refractivity contribution in [2.75, 3.05) is 40.0 Å². The molecule has 0 aromatic heterocycles. The van der Waals surface area contributed by atoms with Crippen molar-refractivity contribution in [3.05, 3.63) is 0 Å². The number of methoxy groups -OCH3 is 1. The number of hydrogen-bond donors (Lipinski definition) is 2. The molecule has 0 aliphatic rings. The Balaban J connectivity index is 4.18. The molecular formula is C15H30F3N3O2. The van der Waals surface area contributed by atoms with E-state index >= 15 is 0 Å². The van der Waals surface area contributed by atoms with Crippen molar-refractivity contribution in [3.63, 3.8) is 0 Å². The van der Waals surface area contributed by atoms with E-state index in [1.54, 1.807) is 7.11 Å². The van der Waals surface area contributed by atoms with Gasteiger partial charge in [-0.25, -0.2) is 0 Å². The van der Waals surface area contributed by atoms with Gasteiger partial charge in [0.25, 0.3) is 0 Å². The molecule has 2 N–H and O–H groups in total. The summed E-state index contributed by atoms with van der Waals surface area (Å²) in [7, 11) is 1.66. The minimum atomic E-state index is -4.27. The van der Waals surface area contributed by atoms with Crippen LogP contribution in [-0.4, -0.2) is 58.2 Å². The van der Waals surface area contributed by atoms with E-state index in [0.717, 1.165) is 0 Å². The zero-order valence-corrected chi connectivity index (χ0v) is 14.7. The second-order valence-electron chi connectivity index (χ2n) is 6.26. The minimum Gasteiger partial charge on any atom is -0.379 e. The van der Waals surface area contributed by atoms with Crippen molar-refractivity contribution in [2.45, 2.75) is 46.4 Å². The Kier molecular flexibility index (Phi) is 10.2. The summed E-state index contributed by atoms with van der Waals surface area (Å²) in [6.07, 6.45) is -3.83. The average Bonchev–Trinajstić information content (AvgIpc) is 2.40. The number of rotatable bonds is 9. The molecule has 0 aliphatic heterocycles. The molecule has 0 aliphatic carbocycles. The molecule has 5 nitrogen and oxygen atoms in total. The topological polar surface area (TPSA) is 54.9 Å². The molecule has 138 valence electrons. The number of nitrogens with zero attached hydrogens (tertiary/aromatic N) is 1. The number of ether oxygens (including phenoxy) is 2. The third-order valence-electron chi connectivity index (χ3n) is 3.03. The number of halogens is 3. The lowest BCUT2D eigenvalue weighted by atomic mass is 9.89. The average molecular weight is 341 g/mol. The van der Waals surface area contributed by atoms with Crippen LogP contribution in [0.15, 0.2) is 4.99 Å². The van der Waals surface area contributed by atoms with Gasteiger partial charge in [-0.2, -0.15) is 13.2 Å². The van der Waals surface area contributed by atoms with Crippen LogP contribution < -0.4 is 10.6 Å². The highest BCUT2D eigenvalue weighted by Gasteiger charge is 2.27. The Morgan fingerprint density at radius 3 is 2.30 bits per heavy atom. The molecule has 0 saturated heterocycles. The Bertz CT molecular complexity index is 342. The highest BCUT2D eigenvalue weighted by Crippen LogP contribution is 2.21. The molecule has 1 atom stereocenters. The first-order valence-corrected chi connectivity index (χ1v) is 7.79. The molecule has 0 radical (unpaired) electrons. The first-order chi connectivity index (χ1) is 10.6. The molecule has 0 rings (SSSR count). The molecule has 0 amide bonds. The summed E-state index contributed by atoms with van der Waals surface area (Å²) in [5.74, 6) is 0.620. The van der Waals surface area contributed by atoms with E-state index in [9.17, 15) is 13.2 Å². The number of hydrogen-bond acceptors (Lipinski definition) is 3. The maximum absolute atomic E-state index is 11.9. The van der Waals surface area contributed by atoms with Crippen molar-refractivity contribution in [1.82, 2.24) is 10.6 Å². The lowest BCUT2D eigenvalue weighted by Gasteiger charge is -2.28. The summed E-state index contributed by atoms with van der Waals surface area (Å²) in [6.45, 7) is 8.71. The Morgan fingerprint density at radius 1 is 1.17 bits per heavy atom. The van der Waals surface area contributed by atoms with Crippen LogP contribution >= 0.6 is 0 Å². The molecule has 0 fully saturated rings. The quantitative estimate of drug-likeness (QED) is 0.384. The summed E-state index contributed by atoms with van der Waals surface area (Å²) < 4.78 is 45.8. The van der Waals surface area contributed by atoms with Crippen LogP contribution in [-0.2, 0) is 9.47 Å². The van der Waals surface area contributed by atoms with E-state index in [4.69, 9.17) is 4.74 Å². The predicted octanol–water partition coefficient (Wildman–Crippen LogP) is 2.57. The molecule has 0 saturated carbocycles. The van der Waals surface area contributed by atoms with E-state index in [-0.39, 0.29) is 18.1 Å². The second-order valence-corrected chi connectivity index (χ2v) is 6.26. The van der Waals surface area contributed by atoms with Crippen LogP contribution in [0.3, 0.4) is 0 Å². The lowest BCUT2D eigenvalue weighted by molar-refractivity contribution is -0.173. The highest BCUT2D eigenvalue weighted by atomic mass is 19.4. The number of guanidine groups is 1. The molecule has 8 heteroatoms. The van der Waals surface area contributed by atoms with Gasteiger partial charge in [-0.3, -0.25) is 4.99 Å². The van der Waals surface area contributed by atoms with Crippen LogP contribution in [0.1, 0.15) is 34.1 Å². The van der Waals surface area contributed by atoms with Gasteiger partial charge in [0.1, 0.15) is 6.61 Å². The Labute approximate surface area is 137 Å². The predicted molar refractivity (Wildman–Crippen MR) is 85.7 cm³/mol. The fraction of sp³-hybridized carbons (Fsp3) is 0.933. The number of nitrogens with one attached hydrogen (secondary N) is 2. The van der Waals surface area contributed by atoms with Gasteiger partial charge in [0, 0.05) is 26.8 Å². The Hall–Kier alpha value is -1.02. The maximum atomic E-state index is 11.9. The monoisotopic (exact) mass is 341 g/mol. The van der Waals surface area contributed by atoms with Crippen LogP contribution in [0.2, 0.25) is 0 Å². The maximum Gasteiger partial charge on any atom is 0.411 e. The first kappa shape index (κ1) is 22.0. The third-order valence-corrected chi connectivity index (χ3v) is 3.03. The molecule has 0 bridgehead atoms. The molecule has 0 spiro atoms. The van der Waals surface area contributed by atoms with Crippen molar-refractivity contribution in [2.24, 2.45) is 10.4 Å². The van der Waals surface area contributed by atoms with E-state index < -0.39 is 12.8 Å². The fourth-order valence-corrected chi connectivity index (χ4v) is 1.79. The standard InChI is InChI=1S/C15H30F3N3O2/c1-6-19-13(21-10-12(22-5)14(2,3)4)20-8-7-9-23-11-15(16,17)18/h12H,6-11H2,1-5H3,(H2,19,20,21). The fourth-order valence-electron chi connectivity index (χ4n) is 1.79. The van der Waals surface area contributed by atoms with Crippen LogP contribution in [0.4, 0.5) is 13.2 Å². The van der Waals surface area contributed by atoms with Crippen molar-refractivity contribution < 1.29 is 22.6 Å². The first-order valence-electron chi connectivity index (χ1n) is 7.79. The van der Waals surface area contributed by atoms with Gasteiger partial charge in [-0.1, -0.05) is 20.8 Å². The zero-order valence-electron chi connectivity index (χ0n) is 14.7. The lowest BCUT2D eigenvalue weighted by Crippen LogP contribution is -2.40. The molecule has 0 heterocycles. The largest absolute Gasteiger partial charge is 0.411 e. The summed E-state index contributed by atoms with van der Waals surface area (Å²) in [4.78, 5) is 4.46. The third kappa shape index (κ3) is 12.1. The second kappa shape index (κ2) is 10.7. The molecule has 23 heavy (non-hydrogen) atoms. The van der Waals surface area contributed by atoms with Crippen molar-refractivity contribution in [1.29, 1.82) is 0 Å². The van der Waals surface area contributed by atoms with E-state index in [1.165, 1.54) is 0 Å². The number of alkyl halides is 3. The van der Waals surface area contributed by atoms with Crippen molar-refractivity contribution in [3.8, 4) is 0 Å². The van der Waals surface area contributed by atoms with E-state index in [2.05, 4.69) is 41.1 Å². The summed E-state index contributed by atoms with van der Waals surface area (Å²) in [5.41, 5.74) is -0.0268. The summed E-state index contributed by atoms with van der Waals surface area (Å²) in [6, 6.07) is 0. The highest BCUT2D eigenvalue weighted by molar-refractivity contribution is 5.79. The summed E-state index contributed by atoms with van der Waals surface area (Å²) >= 11 is 0. The van der Waals surface area contributed by atoms with Gasteiger partial charge >= 0.3 is 6.18 Å². The van der Waals surface area contributed by atoms with E-state index in [1.807, 2.05) is 6.92 Å². The number of aliphatic imine (C=N–C) groups is 1. The van der Waals surface area contributed by atoms with Gasteiger partial charge < -0.3 is 20.1 Å². The zero-order chi connectivity index (χ0) is 17.9. The van der Waals surface area contributed by atoms with Gasteiger partial charge in [-0.15, -0.1) is 0 Å². The smallest absolute Gasteiger partial charge is 0.379 e. The van der Waals surface area contributed by atoms with Crippen LogP contribution in [0.25, 0.3) is 0 Å². The SMILES string of the molecule is CCNC(=NCC(OC)C(C)(C)C)NCCCOCC(F)(F)F. The van der Waals surface area contributed by atoms with Gasteiger partial charge in [-0.05, 0) is 18.8 Å². The van der Waals surface area contributed by atoms with Gasteiger partial charge in [0.05, 0.1) is 12.6 Å². The van der Waals surface area contributed by atoms with Crippen molar-refractivity contribution >= 4 is 5.96 Å². The molecular weight excluding hydrogens is 311 g/mol. The van der Waals surface area contributed by atoms with E-state index in [0.29, 0.717) is 32.0 Å². The normalized spacial score (nSPS) is 14.7.